The number of nitrogens with two attached hydrogens (primary N) is 1. The van der Waals surface area contributed by atoms with E-state index in [2.05, 4.69) is 45.4 Å². The highest BCUT2D eigenvalue weighted by molar-refractivity contribution is 5.94. The van der Waals surface area contributed by atoms with E-state index in [1.54, 1.807) is 12.3 Å². The van der Waals surface area contributed by atoms with Crippen LogP contribution < -0.4 is 11.1 Å². The van der Waals surface area contributed by atoms with Gasteiger partial charge in [-0.05, 0) is 78.9 Å². The van der Waals surface area contributed by atoms with E-state index in [1.165, 1.54) is 5.56 Å². The number of nitrogens with one attached hydrogen (secondary N) is 1. The second-order valence-corrected chi connectivity index (χ2v) is 8.05. The summed E-state index contributed by atoms with van der Waals surface area (Å²) in [4.78, 5) is 26.0. The third-order valence-corrected chi connectivity index (χ3v) is 5.67. The topological polar surface area (TPSA) is 93.8 Å². The Hall–Kier alpha value is -3.80. The maximum atomic E-state index is 12.8. The first-order chi connectivity index (χ1) is 15.4. The average molecular weight is 426 g/mol. The van der Waals surface area contributed by atoms with Crippen molar-refractivity contribution in [2.75, 3.05) is 5.73 Å². The Balaban J connectivity index is 1.48. The number of carbonyl (C=O) groups excluding carboxylic acids is 1. The summed E-state index contributed by atoms with van der Waals surface area (Å²) in [6.07, 6.45) is 5.21. The van der Waals surface area contributed by atoms with E-state index in [-0.39, 0.29) is 5.91 Å². The lowest BCUT2D eigenvalue weighted by molar-refractivity contribution is 0.0950. The number of carbonyl (C=O) groups is 1. The average Bonchev–Trinajstić information content (AvgIpc) is 2.78. The summed E-state index contributed by atoms with van der Waals surface area (Å²) in [5.41, 5.74) is 13.4. The lowest BCUT2D eigenvalue weighted by Crippen LogP contribution is -2.24. The third-order valence-electron chi connectivity index (χ3n) is 5.67. The molecule has 162 valence electrons. The van der Waals surface area contributed by atoms with Gasteiger partial charge in [-0.25, -0.2) is 4.98 Å². The van der Waals surface area contributed by atoms with Crippen molar-refractivity contribution in [2.45, 2.75) is 40.2 Å². The van der Waals surface area contributed by atoms with Gasteiger partial charge in [0.2, 0.25) is 0 Å². The van der Waals surface area contributed by atoms with Crippen LogP contribution >= 0.6 is 0 Å². The van der Waals surface area contributed by atoms with Gasteiger partial charge in [0.05, 0.1) is 5.52 Å². The maximum Gasteiger partial charge on any atom is 0.251 e. The van der Waals surface area contributed by atoms with E-state index >= 15 is 0 Å². The first-order valence-electron chi connectivity index (χ1n) is 10.8. The van der Waals surface area contributed by atoms with Crippen molar-refractivity contribution >= 4 is 22.6 Å². The molecule has 0 aliphatic rings. The number of fused-ring (bicyclic) bond motifs is 1. The fourth-order valence-corrected chi connectivity index (χ4v) is 3.88. The Morgan fingerprint density at radius 1 is 1.03 bits per heavy atom. The highest BCUT2D eigenvalue weighted by Crippen LogP contribution is 2.19. The highest BCUT2D eigenvalue weighted by Gasteiger charge is 2.11. The van der Waals surface area contributed by atoms with Crippen molar-refractivity contribution < 1.29 is 4.79 Å². The summed E-state index contributed by atoms with van der Waals surface area (Å²) in [6.45, 7) is 6.40. The molecule has 0 atom stereocenters. The molecule has 0 radical (unpaired) electrons. The second-order valence-electron chi connectivity index (χ2n) is 8.05. The summed E-state index contributed by atoms with van der Waals surface area (Å²) in [5.74, 6) is 0.351. The van der Waals surface area contributed by atoms with Gasteiger partial charge in [-0.2, -0.15) is 0 Å². The predicted octanol–water partition coefficient (Wildman–Crippen LogP) is 4.31. The third kappa shape index (κ3) is 4.75. The lowest BCUT2D eigenvalue weighted by Gasteiger charge is -2.12. The zero-order valence-corrected chi connectivity index (χ0v) is 18.6. The van der Waals surface area contributed by atoms with Crippen LogP contribution in [0.4, 0.5) is 5.82 Å². The summed E-state index contributed by atoms with van der Waals surface area (Å²) < 4.78 is 0. The van der Waals surface area contributed by atoms with Crippen LogP contribution in [0.25, 0.3) is 10.9 Å². The monoisotopic (exact) mass is 425 g/mol. The van der Waals surface area contributed by atoms with Crippen LogP contribution in [-0.2, 0) is 19.4 Å². The van der Waals surface area contributed by atoms with Crippen molar-refractivity contribution in [3.05, 3.63) is 94.1 Å². The van der Waals surface area contributed by atoms with Crippen molar-refractivity contribution in [3.63, 3.8) is 0 Å². The van der Waals surface area contributed by atoms with Crippen LogP contribution in [0.1, 0.15) is 50.9 Å². The fourth-order valence-electron chi connectivity index (χ4n) is 3.88. The molecule has 4 rings (SSSR count). The van der Waals surface area contributed by atoms with E-state index in [1.807, 2.05) is 38.2 Å². The number of aromatic nitrogens is 3. The molecule has 0 unspecified atom stereocenters. The molecule has 0 aliphatic heterocycles. The molecular formula is C26H27N5O. The standard InChI is InChI=1S/C26H27N5O/c1-4-18-10-21-11-19(5-6-24(21)29-14-18)12-22-13-20(7-8-28-22)26(32)30-15-23-16(2)9-25(27)31-17(23)3/h5-11,13-14H,4,12,15H2,1-3H3,(H2,27,31)(H,30,32). The van der Waals surface area contributed by atoms with Gasteiger partial charge in [0, 0.05) is 47.7 Å². The van der Waals surface area contributed by atoms with Gasteiger partial charge >= 0.3 is 0 Å². The number of benzene rings is 1. The quantitative estimate of drug-likeness (QED) is 0.480. The van der Waals surface area contributed by atoms with Gasteiger partial charge in [-0.15, -0.1) is 0 Å². The first-order valence-corrected chi connectivity index (χ1v) is 10.8. The van der Waals surface area contributed by atoms with Crippen molar-refractivity contribution in [1.82, 2.24) is 20.3 Å². The van der Waals surface area contributed by atoms with Crippen molar-refractivity contribution in [1.29, 1.82) is 0 Å². The van der Waals surface area contributed by atoms with Gasteiger partial charge in [0.1, 0.15) is 5.82 Å². The summed E-state index contributed by atoms with van der Waals surface area (Å²) in [7, 11) is 0. The number of hydrogen-bond donors (Lipinski definition) is 2. The van der Waals surface area contributed by atoms with Gasteiger partial charge in [0.15, 0.2) is 0 Å². The number of anilines is 1. The Morgan fingerprint density at radius 3 is 2.62 bits per heavy atom. The van der Waals surface area contributed by atoms with Crippen LogP contribution in [0.5, 0.6) is 0 Å². The fraction of sp³-hybridized carbons (Fsp3) is 0.231. The van der Waals surface area contributed by atoms with E-state index in [0.29, 0.717) is 24.3 Å². The Bertz CT molecular complexity index is 1280. The molecular weight excluding hydrogens is 398 g/mol. The van der Waals surface area contributed by atoms with Gasteiger partial charge in [-0.3, -0.25) is 14.8 Å². The molecule has 3 aromatic heterocycles. The zero-order valence-electron chi connectivity index (χ0n) is 18.6. The van der Waals surface area contributed by atoms with Gasteiger partial charge in [0.25, 0.3) is 5.91 Å². The lowest BCUT2D eigenvalue weighted by atomic mass is 10.0. The minimum absolute atomic E-state index is 0.139. The summed E-state index contributed by atoms with van der Waals surface area (Å²) >= 11 is 0. The molecule has 0 aliphatic carbocycles. The number of nitrogen functional groups attached to an aromatic ring is 1. The van der Waals surface area contributed by atoms with E-state index < -0.39 is 0 Å². The molecule has 32 heavy (non-hydrogen) atoms. The van der Waals surface area contributed by atoms with Crippen LogP contribution in [0.15, 0.2) is 54.9 Å². The number of rotatable bonds is 6. The number of amides is 1. The molecule has 1 aromatic carbocycles. The predicted molar refractivity (Wildman–Crippen MR) is 127 cm³/mol. The van der Waals surface area contributed by atoms with Crippen LogP contribution in [0.3, 0.4) is 0 Å². The largest absolute Gasteiger partial charge is 0.384 e. The number of nitrogens with zero attached hydrogens (tertiary/aromatic N) is 3. The van der Waals surface area contributed by atoms with Gasteiger partial charge in [-0.1, -0.05) is 13.0 Å². The Labute approximate surface area is 187 Å². The van der Waals surface area contributed by atoms with Crippen LogP contribution in [0.2, 0.25) is 0 Å². The number of aryl methyl sites for hydroxylation is 3. The van der Waals surface area contributed by atoms with Crippen molar-refractivity contribution in [2.24, 2.45) is 0 Å². The molecule has 3 N–H and O–H groups in total. The maximum absolute atomic E-state index is 12.8. The molecule has 6 heteroatoms. The molecule has 0 spiro atoms. The molecule has 0 saturated heterocycles. The molecule has 0 saturated carbocycles. The normalized spacial score (nSPS) is 11.0. The number of pyridine rings is 3. The van der Waals surface area contributed by atoms with E-state index in [4.69, 9.17) is 5.73 Å². The van der Waals surface area contributed by atoms with E-state index in [0.717, 1.165) is 45.4 Å². The highest BCUT2D eigenvalue weighted by atomic mass is 16.1. The first kappa shape index (κ1) is 21.4. The molecule has 0 bridgehead atoms. The summed E-state index contributed by atoms with van der Waals surface area (Å²) in [6, 6.07) is 13.8. The Kier molecular flexibility index (Phi) is 6.12. The van der Waals surface area contributed by atoms with Crippen LogP contribution in [0, 0.1) is 13.8 Å². The Morgan fingerprint density at radius 2 is 1.84 bits per heavy atom. The van der Waals surface area contributed by atoms with Gasteiger partial charge < -0.3 is 11.1 Å². The number of hydrogen-bond acceptors (Lipinski definition) is 5. The molecule has 4 aromatic rings. The molecule has 3 heterocycles. The minimum atomic E-state index is -0.139. The summed E-state index contributed by atoms with van der Waals surface area (Å²) in [5, 5.41) is 4.11. The minimum Gasteiger partial charge on any atom is -0.384 e. The molecule has 0 fully saturated rings. The smallest absolute Gasteiger partial charge is 0.251 e. The van der Waals surface area contributed by atoms with Crippen LogP contribution in [-0.4, -0.2) is 20.9 Å². The second kappa shape index (κ2) is 9.14. The van der Waals surface area contributed by atoms with Crippen molar-refractivity contribution in [3.8, 4) is 0 Å². The zero-order chi connectivity index (χ0) is 22.7. The molecule has 1 amide bonds. The SMILES string of the molecule is CCc1cnc2ccc(Cc3cc(C(=O)NCc4c(C)cc(N)nc4C)ccn3)cc2c1. The molecule has 6 nitrogen and oxygen atoms in total. The van der Waals surface area contributed by atoms with E-state index in [9.17, 15) is 4.79 Å².